The minimum atomic E-state index is -0.150. The number of benzene rings is 2. The number of aromatic amines is 1. The van der Waals surface area contributed by atoms with Crippen molar-refractivity contribution in [3.8, 4) is 22.4 Å². The van der Waals surface area contributed by atoms with Crippen LogP contribution in [0.15, 0.2) is 54.7 Å². The van der Waals surface area contributed by atoms with Gasteiger partial charge in [-0.15, -0.1) is 0 Å². The minimum absolute atomic E-state index is 0.0132. The number of nitrogens with one attached hydrogen (secondary N) is 2. The molecule has 4 fully saturated rings. The Labute approximate surface area is 246 Å². The van der Waals surface area contributed by atoms with Gasteiger partial charge in [0.25, 0.3) is 0 Å². The number of carbonyl (C=O) groups excluding carboxylic acids is 3. The van der Waals surface area contributed by atoms with Crippen LogP contribution < -0.4 is 5.32 Å². The smallest absolute Gasteiger partial charge is 0.229 e. The Morgan fingerprint density at radius 2 is 1.43 bits per heavy atom. The predicted molar refractivity (Wildman–Crippen MR) is 161 cm³/mol. The van der Waals surface area contributed by atoms with E-state index in [0.29, 0.717) is 37.8 Å². The van der Waals surface area contributed by atoms with Crippen LogP contribution in [0.1, 0.15) is 69.7 Å². The molecule has 42 heavy (non-hydrogen) atoms. The van der Waals surface area contributed by atoms with Gasteiger partial charge in [0, 0.05) is 38.2 Å². The molecule has 2 aliphatic heterocycles. The molecule has 4 aliphatic rings. The lowest BCUT2D eigenvalue weighted by molar-refractivity contribution is -0.133. The first-order valence-corrected chi connectivity index (χ1v) is 15.6. The van der Waals surface area contributed by atoms with E-state index in [1.165, 1.54) is 25.7 Å². The molecule has 8 heteroatoms. The Morgan fingerprint density at radius 1 is 0.786 bits per heavy atom. The first-order valence-electron chi connectivity index (χ1n) is 15.6. The largest absolute Gasteiger partial charge is 0.342 e. The molecule has 8 nitrogen and oxygen atoms in total. The Bertz CT molecular complexity index is 1460. The lowest BCUT2D eigenvalue weighted by atomic mass is 10.0. The number of rotatable bonds is 9. The van der Waals surface area contributed by atoms with Crippen molar-refractivity contribution in [2.45, 2.75) is 63.8 Å². The van der Waals surface area contributed by atoms with Gasteiger partial charge in [0.05, 0.1) is 23.9 Å². The summed E-state index contributed by atoms with van der Waals surface area (Å²) in [6, 6.07) is 16.3. The van der Waals surface area contributed by atoms with Gasteiger partial charge in [-0.3, -0.25) is 14.4 Å². The maximum Gasteiger partial charge on any atom is 0.229 e. The second-order valence-corrected chi connectivity index (χ2v) is 12.7. The normalized spacial score (nSPS) is 22.0. The van der Waals surface area contributed by atoms with Crippen LogP contribution >= 0.6 is 0 Å². The quantitative estimate of drug-likeness (QED) is 0.343. The number of amides is 3. The van der Waals surface area contributed by atoms with Gasteiger partial charge in [0.1, 0.15) is 5.82 Å². The molecule has 2 atom stereocenters. The molecule has 3 heterocycles. The zero-order chi connectivity index (χ0) is 28.6. The predicted octanol–water partition coefficient (Wildman–Crippen LogP) is 5.79. The first kappa shape index (κ1) is 26.9. The summed E-state index contributed by atoms with van der Waals surface area (Å²) >= 11 is 0. The summed E-state index contributed by atoms with van der Waals surface area (Å²) in [7, 11) is 0. The van der Waals surface area contributed by atoms with E-state index in [1.54, 1.807) is 0 Å². The van der Waals surface area contributed by atoms with E-state index in [9.17, 15) is 14.4 Å². The summed E-state index contributed by atoms with van der Waals surface area (Å²) in [5, 5.41) is 3.04. The number of anilines is 1. The van der Waals surface area contributed by atoms with Crippen LogP contribution in [0, 0.1) is 17.8 Å². The van der Waals surface area contributed by atoms with E-state index < -0.39 is 0 Å². The monoisotopic (exact) mass is 565 g/mol. The topological polar surface area (TPSA) is 98.4 Å². The molecule has 1 aromatic heterocycles. The van der Waals surface area contributed by atoms with Crippen LogP contribution in [0.2, 0.25) is 0 Å². The Morgan fingerprint density at radius 3 is 2.12 bits per heavy atom. The average Bonchev–Trinajstić information content (AvgIpc) is 3.79. The van der Waals surface area contributed by atoms with E-state index in [0.717, 1.165) is 59.7 Å². The van der Waals surface area contributed by atoms with Crippen molar-refractivity contribution >= 4 is 23.4 Å². The summed E-state index contributed by atoms with van der Waals surface area (Å²) in [6.07, 6.45) is 10.6. The number of likely N-dealkylation sites (tertiary alicyclic amines) is 2. The highest BCUT2D eigenvalue weighted by Gasteiger charge is 2.35. The molecule has 0 unspecified atom stereocenters. The maximum atomic E-state index is 12.8. The van der Waals surface area contributed by atoms with E-state index in [4.69, 9.17) is 0 Å². The summed E-state index contributed by atoms with van der Waals surface area (Å²) in [6.45, 7) is 2.03. The maximum absolute atomic E-state index is 12.8. The van der Waals surface area contributed by atoms with Crippen molar-refractivity contribution < 1.29 is 14.4 Å². The van der Waals surface area contributed by atoms with Crippen LogP contribution in [-0.4, -0.2) is 57.1 Å². The van der Waals surface area contributed by atoms with Crippen molar-refractivity contribution in [2.24, 2.45) is 17.8 Å². The Hall–Kier alpha value is -3.94. The van der Waals surface area contributed by atoms with Crippen molar-refractivity contribution in [1.29, 1.82) is 0 Å². The summed E-state index contributed by atoms with van der Waals surface area (Å²) < 4.78 is 0. The molecule has 2 aliphatic carbocycles. The molecule has 2 saturated carbocycles. The number of hydrogen-bond acceptors (Lipinski definition) is 4. The Balaban J connectivity index is 0.945. The van der Waals surface area contributed by atoms with Gasteiger partial charge in [0.15, 0.2) is 0 Å². The molecule has 0 radical (unpaired) electrons. The van der Waals surface area contributed by atoms with Gasteiger partial charge < -0.3 is 20.1 Å². The third-order valence-corrected chi connectivity index (χ3v) is 9.40. The fraction of sp³-hybridized carbons (Fsp3) is 0.471. The van der Waals surface area contributed by atoms with Crippen molar-refractivity contribution in [3.63, 3.8) is 0 Å². The third-order valence-electron chi connectivity index (χ3n) is 9.40. The molecule has 2 saturated heterocycles. The molecule has 218 valence electrons. The highest BCUT2D eigenvalue weighted by Crippen LogP contribution is 2.37. The van der Waals surface area contributed by atoms with E-state index in [1.807, 2.05) is 40.3 Å². The van der Waals surface area contributed by atoms with Crippen LogP contribution in [0.4, 0.5) is 5.69 Å². The molecule has 0 spiro atoms. The molecular weight excluding hydrogens is 526 g/mol. The lowest BCUT2D eigenvalue weighted by Gasteiger charge is -2.23. The van der Waals surface area contributed by atoms with Gasteiger partial charge in [-0.2, -0.15) is 0 Å². The fourth-order valence-corrected chi connectivity index (χ4v) is 6.42. The number of H-pyrrole nitrogens is 1. The van der Waals surface area contributed by atoms with Gasteiger partial charge in [-0.25, -0.2) is 4.98 Å². The fourth-order valence-electron chi connectivity index (χ4n) is 6.42. The van der Waals surface area contributed by atoms with Gasteiger partial charge in [-0.1, -0.05) is 36.4 Å². The van der Waals surface area contributed by atoms with Gasteiger partial charge in [0.2, 0.25) is 17.7 Å². The van der Waals surface area contributed by atoms with E-state index in [2.05, 4.69) is 39.6 Å². The zero-order valence-corrected chi connectivity index (χ0v) is 24.1. The number of aromatic nitrogens is 2. The third kappa shape index (κ3) is 5.98. The minimum Gasteiger partial charge on any atom is -0.342 e. The first-order chi connectivity index (χ1) is 20.5. The molecule has 3 amide bonds. The molecule has 3 aromatic rings. The van der Waals surface area contributed by atoms with Crippen LogP contribution in [0.5, 0.6) is 0 Å². The van der Waals surface area contributed by atoms with Crippen LogP contribution in [0.3, 0.4) is 0 Å². The highest BCUT2D eigenvalue weighted by molar-refractivity contribution is 5.93. The van der Waals surface area contributed by atoms with E-state index in [-0.39, 0.29) is 29.7 Å². The second kappa shape index (κ2) is 11.4. The number of carbonyl (C=O) groups is 3. The molecule has 0 bridgehead atoms. The zero-order valence-electron chi connectivity index (χ0n) is 24.1. The molecule has 2 aromatic carbocycles. The molecular formula is C34H39N5O3. The van der Waals surface area contributed by atoms with Gasteiger partial charge >= 0.3 is 0 Å². The standard InChI is InChI=1S/C34H39N5O3/c40-31(18-22-3-4-22)38-17-15-27(21-38)34(42)36-28-13-11-25(12-14-28)24-7-9-26(10-8-24)29-20-35-33(37-29)30-2-1-16-39(30)32(41)19-23-5-6-23/h7-14,20,22-23,27,30H,1-6,15-19,21H2,(H,35,37)(H,36,42)/t27-,30+/m1/s1. The molecule has 7 rings (SSSR count). The summed E-state index contributed by atoms with van der Waals surface area (Å²) in [5.74, 6) is 2.35. The average molecular weight is 566 g/mol. The Kier molecular flexibility index (Phi) is 7.30. The van der Waals surface area contributed by atoms with Gasteiger partial charge in [-0.05, 0) is 85.6 Å². The van der Waals surface area contributed by atoms with E-state index >= 15 is 0 Å². The van der Waals surface area contributed by atoms with Crippen molar-refractivity contribution in [1.82, 2.24) is 19.8 Å². The molecule has 2 N–H and O–H groups in total. The highest BCUT2D eigenvalue weighted by atomic mass is 16.2. The van der Waals surface area contributed by atoms with Crippen LogP contribution in [-0.2, 0) is 14.4 Å². The van der Waals surface area contributed by atoms with Crippen molar-refractivity contribution in [2.75, 3.05) is 25.0 Å². The second-order valence-electron chi connectivity index (χ2n) is 12.7. The van der Waals surface area contributed by atoms with Crippen molar-refractivity contribution in [3.05, 3.63) is 60.6 Å². The van der Waals surface area contributed by atoms with Crippen LogP contribution in [0.25, 0.3) is 22.4 Å². The number of hydrogen-bond donors (Lipinski definition) is 2. The lowest BCUT2D eigenvalue weighted by Crippen LogP contribution is -2.31. The summed E-state index contributed by atoms with van der Waals surface area (Å²) in [5.41, 5.74) is 4.93. The summed E-state index contributed by atoms with van der Waals surface area (Å²) in [4.78, 5) is 50.1. The number of imidazole rings is 1. The SMILES string of the molecule is O=C(Nc1ccc(-c2ccc(-c3cnc([C@@H]4CCCN4C(=O)CC4CC4)[nH]3)cc2)cc1)[C@@H]1CCN(C(=O)CC2CC2)C1. The number of nitrogens with zero attached hydrogens (tertiary/aromatic N) is 3.